The summed E-state index contributed by atoms with van der Waals surface area (Å²) in [5, 5.41) is 8.35. The smallest absolute Gasteiger partial charge is 0.133 e. The minimum Gasteiger partial charge on any atom is -0.361 e. The van der Waals surface area contributed by atoms with Gasteiger partial charge in [-0.1, -0.05) is 28.9 Å². The van der Waals surface area contributed by atoms with Crippen molar-refractivity contribution in [1.82, 2.24) is 10.5 Å². The molecule has 2 aromatic rings. The van der Waals surface area contributed by atoms with E-state index >= 15 is 0 Å². The first-order valence-electron chi connectivity index (χ1n) is 6.11. The average molecular weight is 263 g/mol. The maximum absolute atomic E-state index is 5.92. The van der Waals surface area contributed by atoms with Crippen LogP contribution in [-0.2, 0) is 12.1 Å². The lowest BCUT2D eigenvalue weighted by atomic mass is 10.1. The van der Waals surface area contributed by atoms with Crippen LogP contribution in [-0.4, -0.2) is 5.16 Å². The molecule has 1 saturated carbocycles. The molecule has 0 bridgehead atoms. The normalized spacial score (nSPS) is 16.8. The largest absolute Gasteiger partial charge is 0.361 e. The van der Waals surface area contributed by atoms with Crippen molar-refractivity contribution in [1.29, 1.82) is 0 Å². The first-order valence-corrected chi connectivity index (χ1v) is 6.49. The summed E-state index contributed by atoms with van der Waals surface area (Å²) in [6.07, 6.45) is 2.32. The van der Waals surface area contributed by atoms with Crippen LogP contribution in [0, 0.1) is 6.92 Å². The predicted octanol–water partition coefficient (Wildman–Crippen LogP) is 3.42. The molecule has 1 aromatic heterocycles. The van der Waals surface area contributed by atoms with Crippen LogP contribution in [0.15, 0.2) is 34.9 Å². The molecular weight excluding hydrogens is 248 g/mol. The van der Waals surface area contributed by atoms with Gasteiger partial charge in [0.2, 0.25) is 0 Å². The first kappa shape index (κ1) is 11.8. The molecule has 0 aliphatic heterocycles. The third kappa shape index (κ3) is 2.28. The third-order valence-electron chi connectivity index (χ3n) is 3.43. The van der Waals surface area contributed by atoms with E-state index in [1.165, 1.54) is 5.56 Å². The van der Waals surface area contributed by atoms with Crippen molar-refractivity contribution in [2.45, 2.75) is 31.8 Å². The zero-order valence-electron chi connectivity index (χ0n) is 10.2. The Labute approximate surface area is 111 Å². The molecule has 0 saturated heterocycles. The summed E-state index contributed by atoms with van der Waals surface area (Å²) in [4.78, 5) is 0. The van der Waals surface area contributed by atoms with Crippen LogP contribution in [0.2, 0.25) is 5.02 Å². The highest BCUT2D eigenvalue weighted by Crippen LogP contribution is 2.45. The molecular formula is C14H15ClN2O. The van der Waals surface area contributed by atoms with Gasteiger partial charge >= 0.3 is 0 Å². The fourth-order valence-corrected chi connectivity index (χ4v) is 2.35. The van der Waals surface area contributed by atoms with Crippen LogP contribution < -0.4 is 5.32 Å². The van der Waals surface area contributed by atoms with Gasteiger partial charge in [0.05, 0.1) is 5.69 Å². The molecule has 0 amide bonds. The van der Waals surface area contributed by atoms with E-state index in [1.807, 2.05) is 25.1 Å². The van der Waals surface area contributed by atoms with Crippen LogP contribution in [0.25, 0.3) is 0 Å². The second-order valence-electron chi connectivity index (χ2n) is 4.87. The Hall–Kier alpha value is -1.32. The molecule has 0 unspecified atom stereocenters. The molecule has 0 radical (unpaired) electrons. The SMILES string of the molecule is Cc1cc(CNC2(c3ccc(Cl)cc3)CC2)no1. The average Bonchev–Trinajstić information content (AvgIpc) is 3.05. The second kappa shape index (κ2) is 4.41. The van der Waals surface area contributed by atoms with E-state index in [1.54, 1.807) is 0 Å². The lowest BCUT2D eigenvalue weighted by molar-refractivity contribution is 0.384. The lowest BCUT2D eigenvalue weighted by Crippen LogP contribution is -2.28. The zero-order valence-corrected chi connectivity index (χ0v) is 11.0. The van der Waals surface area contributed by atoms with Gasteiger partial charge in [0.1, 0.15) is 5.76 Å². The van der Waals surface area contributed by atoms with Crippen molar-refractivity contribution < 1.29 is 4.52 Å². The van der Waals surface area contributed by atoms with Gasteiger partial charge in [0, 0.05) is 23.2 Å². The number of hydrogen-bond acceptors (Lipinski definition) is 3. The summed E-state index contributed by atoms with van der Waals surface area (Å²) in [6, 6.07) is 10.0. The molecule has 0 spiro atoms. The maximum Gasteiger partial charge on any atom is 0.133 e. The highest BCUT2D eigenvalue weighted by Gasteiger charge is 2.43. The van der Waals surface area contributed by atoms with Gasteiger partial charge < -0.3 is 9.84 Å². The molecule has 1 N–H and O–H groups in total. The van der Waals surface area contributed by atoms with Crippen LogP contribution >= 0.6 is 11.6 Å². The van der Waals surface area contributed by atoms with Crippen molar-refractivity contribution in [3.8, 4) is 0 Å². The van der Waals surface area contributed by atoms with Crippen molar-refractivity contribution in [3.05, 3.63) is 52.4 Å². The Kier molecular flexibility index (Phi) is 2.88. The van der Waals surface area contributed by atoms with E-state index in [2.05, 4.69) is 22.6 Å². The van der Waals surface area contributed by atoms with Crippen molar-refractivity contribution in [3.63, 3.8) is 0 Å². The molecule has 1 heterocycles. The zero-order chi connectivity index (χ0) is 12.6. The number of benzene rings is 1. The van der Waals surface area contributed by atoms with Gasteiger partial charge in [0.25, 0.3) is 0 Å². The van der Waals surface area contributed by atoms with E-state index < -0.39 is 0 Å². The Bertz CT molecular complexity index is 543. The Balaban J connectivity index is 1.70. The van der Waals surface area contributed by atoms with Gasteiger partial charge in [0.15, 0.2) is 0 Å². The minimum absolute atomic E-state index is 0.109. The molecule has 1 aliphatic carbocycles. The molecule has 1 aliphatic rings. The molecule has 3 rings (SSSR count). The van der Waals surface area contributed by atoms with E-state index in [0.29, 0.717) is 0 Å². The summed E-state index contributed by atoms with van der Waals surface area (Å²) in [5.74, 6) is 0.850. The van der Waals surface area contributed by atoms with Crippen LogP contribution in [0.3, 0.4) is 0 Å². The molecule has 4 heteroatoms. The molecule has 3 nitrogen and oxygen atoms in total. The standard InChI is InChI=1S/C14H15ClN2O/c1-10-8-13(17-18-10)9-16-14(6-7-14)11-2-4-12(15)5-3-11/h2-5,8,16H,6-7,9H2,1H3. The highest BCUT2D eigenvalue weighted by atomic mass is 35.5. The fraction of sp³-hybridized carbons (Fsp3) is 0.357. The van der Waals surface area contributed by atoms with Gasteiger partial charge in [-0.05, 0) is 37.5 Å². The molecule has 1 fully saturated rings. The van der Waals surface area contributed by atoms with Crippen LogP contribution in [0.1, 0.15) is 29.9 Å². The van der Waals surface area contributed by atoms with E-state index in [4.69, 9.17) is 16.1 Å². The van der Waals surface area contributed by atoms with Gasteiger partial charge in [-0.25, -0.2) is 0 Å². The highest BCUT2D eigenvalue weighted by molar-refractivity contribution is 6.30. The Morgan fingerprint density at radius 2 is 2.06 bits per heavy atom. The number of aromatic nitrogens is 1. The monoisotopic (exact) mass is 262 g/mol. The Morgan fingerprint density at radius 1 is 1.33 bits per heavy atom. The van der Waals surface area contributed by atoms with Gasteiger partial charge in [-0.15, -0.1) is 0 Å². The number of hydrogen-bond donors (Lipinski definition) is 1. The number of aryl methyl sites for hydroxylation is 1. The molecule has 1 aromatic carbocycles. The molecule has 94 valence electrons. The quantitative estimate of drug-likeness (QED) is 0.918. The number of halogens is 1. The van der Waals surface area contributed by atoms with Crippen LogP contribution in [0.4, 0.5) is 0 Å². The number of nitrogens with zero attached hydrogens (tertiary/aromatic N) is 1. The van der Waals surface area contributed by atoms with Crippen molar-refractivity contribution in [2.24, 2.45) is 0 Å². The maximum atomic E-state index is 5.92. The fourth-order valence-electron chi connectivity index (χ4n) is 2.22. The summed E-state index contributed by atoms with van der Waals surface area (Å²) in [6.45, 7) is 2.64. The van der Waals surface area contributed by atoms with E-state index in [-0.39, 0.29) is 5.54 Å². The molecule has 0 atom stereocenters. The van der Waals surface area contributed by atoms with Gasteiger partial charge in [-0.3, -0.25) is 0 Å². The summed E-state index contributed by atoms with van der Waals surface area (Å²) >= 11 is 5.92. The number of rotatable bonds is 4. The van der Waals surface area contributed by atoms with Crippen molar-refractivity contribution >= 4 is 11.6 Å². The first-order chi connectivity index (χ1) is 8.68. The van der Waals surface area contributed by atoms with Gasteiger partial charge in [-0.2, -0.15) is 0 Å². The van der Waals surface area contributed by atoms with E-state index in [0.717, 1.165) is 35.9 Å². The predicted molar refractivity (Wildman–Crippen MR) is 70.4 cm³/mol. The summed E-state index contributed by atoms with van der Waals surface area (Å²) in [7, 11) is 0. The third-order valence-corrected chi connectivity index (χ3v) is 3.68. The minimum atomic E-state index is 0.109. The number of nitrogens with one attached hydrogen (secondary N) is 1. The summed E-state index contributed by atoms with van der Waals surface area (Å²) < 4.78 is 5.06. The van der Waals surface area contributed by atoms with Crippen LogP contribution in [0.5, 0.6) is 0 Å². The topological polar surface area (TPSA) is 38.1 Å². The summed E-state index contributed by atoms with van der Waals surface area (Å²) in [5.41, 5.74) is 2.36. The lowest BCUT2D eigenvalue weighted by Gasteiger charge is -2.17. The molecule has 18 heavy (non-hydrogen) atoms. The van der Waals surface area contributed by atoms with Crippen molar-refractivity contribution in [2.75, 3.05) is 0 Å². The second-order valence-corrected chi connectivity index (χ2v) is 5.31. The Morgan fingerprint density at radius 3 is 2.61 bits per heavy atom. The van der Waals surface area contributed by atoms with E-state index in [9.17, 15) is 0 Å².